The SMILES string of the molecule is CCCC1CCC(c2ccc(-c3cnc([N+](C)(C)C)nc3)c(F)c2)CC1.[Cl-]. The zero-order valence-electron chi connectivity index (χ0n) is 16.9. The molecule has 2 aromatic rings. The molecule has 148 valence electrons. The Morgan fingerprint density at radius 1 is 1.04 bits per heavy atom. The summed E-state index contributed by atoms with van der Waals surface area (Å²) in [5.74, 6) is 1.93. The van der Waals surface area contributed by atoms with Crippen LogP contribution in [0.3, 0.4) is 0 Å². The van der Waals surface area contributed by atoms with Crippen LogP contribution in [-0.2, 0) is 0 Å². The summed E-state index contributed by atoms with van der Waals surface area (Å²) in [6, 6.07) is 5.72. The Bertz CT molecular complexity index is 732. The zero-order valence-corrected chi connectivity index (χ0v) is 17.6. The number of hydrogen-bond acceptors (Lipinski definition) is 2. The molecular formula is C22H31ClFN3. The van der Waals surface area contributed by atoms with Crippen LogP contribution in [0.25, 0.3) is 11.1 Å². The highest BCUT2D eigenvalue weighted by molar-refractivity contribution is 5.63. The Morgan fingerprint density at radius 3 is 2.19 bits per heavy atom. The van der Waals surface area contributed by atoms with Crippen molar-refractivity contribution in [2.24, 2.45) is 5.92 Å². The minimum atomic E-state index is -0.167. The van der Waals surface area contributed by atoms with E-state index in [1.807, 2.05) is 27.2 Å². The normalized spacial score (nSPS) is 20.2. The van der Waals surface area contributed by atoms with Crippen LogP contribution in [0, 0.1) is 11.7 Å². The topological polar surface area (TPSA) is 25.8 Å². The van der Waals surface area contributed by atoms with Crippen LogP contribution in [0.1, 0.15) is 56.9 Å². The molecule has 3 nitrogen and oxygen atoms in total. The maximum atomic E-state index is 14.8. The van der Waals surface area contributed by atoms with Gasteiger partial charge in [0.25, 0.3) is 0 Å². The molecule has 5 heteroatoms. The Morgan fingerprint density at radius 2 is 1.67 bits per heavy atom. The molecule has 0 spiro atoms. The maximum absolute atomic E-state index is 14.8. The predicted molar refractivity (Wildman–Crippen MR) is 107 cm³/mol. The number of aromatic nitrogens is 2. The molecule has 1 aromatic heterocycles. The molecular weight excluding hydrogens is 361 g/mol. The van der Waals surface area contributed by atoms with Gasteiger partial charge in [0, 0.05) is 23.5 Å². The smallest absolute Gasteiger partial charge is 0.328 e. The first-order valence-electron chi connectivity index (χ1n) is 9.82. The number of rotatable bonds is 5. The number of benzene rings is 1. The van der Waals surface area contributed by atoms with Gasteiger partial charge in [0.05, 0.1) is 21.1 Å². The first-order valence-corrected chi connectivity index (χ1v) is 9.82. The van der Waals surface area contributed by atoms with E-state index in [2.05, 4.69) is 23.0 Å². The molecule has 0 amide bonds. The minimum Gasteiger partial charge on any atom is -1.00 e. The van der Waals surface area contributed by atoms with E-state index in [4.69, 9.17) is 0 Å². The lowest BCUT2D eigenvalue weighted by Gasteiger charge is -2.28. The summed E-state index contributed by atoms with van der Waals surface area (Å²) in [4.78, 5) is 8.80. The van der Waals surface area contributed by atoms with Gasteiger partial charge in [-0.3, -0.25) is 4.48 Å². The third kappa shape index (κ3) is 5.26. The molecule has 0 saturated heterocycles. The molecule has 1 aromatic carbocycles. The molecule has 0 unspecified atom stereocenters. The molecule has 0 N–H and O–H groups in total. The number of nitrogens with zero attached hydrogens (tertiary/aromatic N) is 3. The second kappa shape index (κ2) is 9.11. The van der Waals surface area contributed by atoms with Crippen LogP contribution >= 0.6 is 0 Å². The third-order valence-corrected chi connectivity index (χ3v) is 5.56. The van der Waals surface area contributed by atoms with E-state index >= 15 is 0 Å². The molecule has 1 fully saturated rings. The minimum absolute atomic E-state index is 0. The fourth-order valence-corrected chi connectivity index (χ4v) is 4.02. The Kier molecular flexibility index (Phi) is 7.35. The van der Waals surface area contributed by atoms with Gasteiger partial charge in [0.15, 0.2) is 0 Å². The summed E-state index contributed by atoms with van der Waals surface area (Å²) in [5, 5.41) is 0. The summed E-state index contributed by atoms with van der Waals surface area (Å²) in [7, 11) is 6.04. The molecule has 0 bridgehead atoms. The zero-order chi connectivity index (χ0) is 18.7. The second-order valence-corrected chi connectivity index (χ2v) is 8.53. The van der Waals surface area contributed by atoms with Crippen molar-refractivity contribution in [3.05, 3.63) is 42.0 Å². The van der Waals surface area contributed by atoms with Crippen molar-refractivity contribution in [1.29, 1.82) is 0 Å². The first kappa shape index (κ1) is 21.8. The van der Waals surface area contributed by atoms with Crippen LogP contribution < -0.4 is 16.9 Å². The summed E-state index contributed by atoms with van der Waals surface area (Å²) in [6.07, 6.45) is 11.0. The highest BCUT2D eigenvalue weighted by atomic mass is 35.5. The Balaban J connectivity index is 0.00000261. The number of hydrogen-bond donors (Lipinski definition) is 0. The fraction of sp³-hybridized carbons (Fsp3) is 0.545. The van der Waals surface area contributed by atoms with E-state index in [0.29, 0.717) is 16.0 Å². The van der Waals surface area contributed by atoms with Crippen molar-refractivity contribution >= 4 is 5.95 Å². The van der Waals surface area contributed by atoms with Crippen molar-refractivity contribution < 1.29 is 16.8 Å². The molecule has 1 heterocycles. The van der Waals surface area contributed by atoms with E-state index in [-0.39, 0.29) is 18.2 Å². The van der Waals surface area contributed by atoms with Gasteiger partial charge in [-0.2, -0.15) is 9.97 Å². The van der Waals surface area contributed by atoms with Crippen LogP contribution in [0.4, 0.5) is 10.3 Å². The van der Waals surface area contributed by atoms with Crippen molar-refractivity contribution in [1.82, 2.24) is 14.5 Å². The Hall–Kier alpha value is -1.52. The van der Waals surface area contributed by atoms with Crippen LogP contribution in [0.15, 0.2) is 30.6 Å². The summed E-state index contributed by atoms with van der Waals surface area (Å²) >= 11 is 0. The van der Waals surface area contributed by atoms with Gasteiger partial charge in [0.1, 0.15) is 5.82 Å². The van der Waals surface area contributed by atoms with Crippen molar-refractivity contribution in [3.63, 3.8) is 0 Å². The summed E-state index contributed by atoms with van der Waals surface area (Å²) < 4.78 is 15.3. The lowest BCUT2D eigenvalue weighted by Crippen LogP contribution is -3.00. The van der Waals surface area contributed by atoms with Crippen LogP contribution in [0.5, 0.6) is 0 Å². The largest absolute Gasteiger partial charge is 1.00 e. The van der Waals surface area contributed by atoms with Gasteiger partial charge < -0.3 is 12.4 Å². The fourth-order valence-electron chi connectivity index (χ4n) is 4.02. The molecule has 0 atom stereocenters. The standard InChI is InChI=1S/C22H31FN3.ClH/c1-5-6-16-7-9-17(10-8-16)18-11-12-20(21(23)13-18)19-14-24-22(25-15-19)26(2,3)4;/h11-17H,5-10H2,1-4H3;1H/q+1;/p-1. The molecule has 27 heavy (non-hydrogen) atoms. The maximum Gasteiger partial charge on any atom is 0.328 e. The van der Waals surface area contributed by atoms with E-state index in [9.17, 15) is 4.39 Å². The van der Waals surface area contributed by atoms with Crippen LogP contribution in [0.2, 0.25) is 0 Å². The van der Waals surface area contributed by atoms with Crippen LogP contribution in [-0.4, -0.2) is 31.1 Å². The van der Waals surface area contributed by atoms with Gasteiger partial charge in [-0.25, -0.2) is 4.39 Å². The van der Waals surface area contributed by atoms with Crippen molar-refractivity contribution in [2.75, 3.05) is 21.1 Å². The van der Waals surface area contributed by atoms with E-state index < -0.39 is 0 Å². The van der Waals surface area contributed by atoms with Crippen molar-refractivity contribution in [2.45, 2.75) is 51.4 Å². The molecule has 0 aliphatic heterocycles. The summed E-state index contributed by atoms with van der Waals surface area (Å²) in [5.41, 5.74) is 2.46. The molecule has 1 aliphatic rings. The van der Waals surface area contributed by atoms with Gasteiger partial charge in [0.2, 0.25) is 0 Å². The van der Waals surface area contributed by atoms with Gasteiger partial charge >= 0.3 is 5.95 Å². The number of halogens is 2. The predicted octanol–water partition coefficient (Wildman–Crippen LogP) is 2.56. The average Bonchev–Trinajstić information content (AvgIpc) is 2.62. The van der Waals surface area contributed by atoms with E-state index in [0.717, 1.165) is 23.0 Å². The van der Waals surface area contributed by atoms with E-state index in [1.54, 1.807) is 18.5 Å². The summed E-state index contributed by atoms with van der Waals surface area (Å²) in [6.45, 7) is 2.26. The quantitative estimate of drug-likeness (QED) is 0.732. The second-order valence-electron chi connectivity index (χ2n) is 8.53. The van der Waals surface area contributed by atoms with Crippen molar-refractivity contribution in [3.8, 4) is 11.1 Å². The van der Waals surface area contributed by atoms with E-state index in [1.165, 1.54) is 38.5 Å². The monoisotopic (exact) mass is 391 g/mol. The van der Waals surface area contributed by atoms with Gasteiger partial charge in [-0.15, -0.1) is 0 Å². The number of quaternary nitrogens is 1. The highest BCUT2D eigenvalue weighted by Crippen LogP contribution is 2.38. The van der Waals surface area contributed by atoms with Gasteiger partial charge in [-0.05, 0) is 49.1 Å². The van der Waals surface area contributed by atoms with Gasteiger partial charge in [-0.1, -0.05) is 31.9 Å². The highest BCUT2D eigenvalue weighted by Gasteiger charge is 2.23. The Labute approximate surface area is 169 Å². The molecule has 0 radical (unpaired) electrons. The lowest BCUT2D eigenvalue weighted by molar-refractivity contribution is -0.00000638. The molecule has 1 aliphatic carbocycles. The molecule has 1 saturated carbocycles. The lowest BCUT2D eigenvalue weighted by atomic mass is 9.77. The first-order chi connectivity index (χ1) is 12.4. The molecule has 3 rings (SSSR count). The average molecular weight is 392 g/mol. The third-order valence-electron chi connectivity index (χ3n) is 5.56.